The van der Waals surface area contributed by atoms with E-state index in [9.17, 15) is 14.0 Å². The Morgan fingerprint density at radius 3 is 2.58 bits per heavy atom. The molecule has 7 nitrogen and oxygen atoms in total. The van der Waals surface area contributed by atoms with Gasteiger partial charge in [0.2, 0.25) is 0 Å². The normalized spacial score (nSPS) is 10.7. The summed E-state index contributed by atoms with van der Waals surface area (Å²) >= 11 is 0. The fraction of sp³-hybridized carbons (Fsp3) is 0.222. The number of pyridine rings is 1. The van der Waals surface area contributed by atoms with Crippen molar-refractivity contribution in [3.63, 3.8) is 0 Å². The van der Waals surface area contributed by atoms with Crippen LogP contribution in [-0.4, -0.2) is 40.0 Å². The fourth-order valence-corrected chi connectivity index (χ4v) is 2.49. The number of aromatic nitrogens is 3. The molecule has 0 radical (unpaired) electrons. The fourth-order valence-electron chi connectivity index (χ4n) is 2.49. The van der Waals surface area contributed by atoms with Crippen molar-refractivity contribution < 1.29 is 23.5 Å². The molecular weight excluding hydrogens is 341 g/mol. The molecule has 0 aliphatic carbocycles. The third-order valence-electron chi connectivity index (χ3n) is 3.59. The van der Waals surface area contributed by atoms with Gasteiger partial charge in [0.15, 0.2) is 11.3 Å². The molecule has 2 heterocycles. The van der Waals surface area contributed by atoms with Gasteiger partial charge in [-0.2, -0.15) is 5.10 Å². The number of carbonyl (C=O) groups is 2. The molecule has 0 spiro atoms. The van der Waals surface area contributed by atoms with Gasteiger partial charge < -0.3 is 9.47 Å². The van der Waals surface area contributed by atoms with Crippen molar-refractivity contribution in [1.29, 1.82) is 0 Å². The van der Waals surface area contributed by atoms with E-state index in [0.717, 1.165) is 4.68 Å². The lowest BCUT2D eigenvalue weighted by Gasteiger charge is -2.04. The predicted octanol–water partition coefficient (Wildman–Crippen LogP) is 3.42. The summed E-state index contributed by atoms with van der Waals surface area (Å²) in [7, 11) is 0. The molecule has 0 saturated heterocycles. The summed E-state index contributed by atoms with van der Waals surface area (Å²) in [5, 5.41) is 4.33. The predicted molar refractivity (Wildman–Crippen MR) is 91.3 cm³/mol. The zero-order chi connectivity index (χ0) is 18.7. The lowest BCUT2D eigenvalue weighted by Crippen LogP contribution is -2.16. The Labute approximate surface area is 148 Å². The van der Waals surface area contributed by atoms with Crippen LogP contribution in [-0.2, 0) is 9.47 Å². The first-order valence-corrected chi connectivity index (χ1v) is 8.04. The number of hydrogen-bond donors (Lipinski definition) is 0. The van der Waals surface area contributed by atoms with Crippen molar-refractivity contribution in [3.05, 3.63) is 48.0 Å². The van der Waals surface area contributed by atoms with E-state index in [1.54, 1.807) is 32.0 Å². The number of nitrogens with zero attached hydrogens (tertiary/aromatic N) is 3. The third kappa shape index (κ3) is 3.26. The number of ether oxygens (including phenoxy) is 2. The topological polar surface area (TPSA) is 83.3 Å². The molecule has 0 fully saturated rings. The maximum atomic E-state index is 13.5. The van der Waals surface area contributed by atoms with Crippen LogP contribution in [0.15, 0.2) is 36.5 Å². The van der Waals surface area contributed by atoms with E-state index >= 15 is 0 Å². The van der Waals surface area contributed by atoms with Crippen molar-refractivity contribution in [1.82, 2.24) is 14.8 Å². The van der Waals surface area contributed by atoms with Crippen LogP contribution in [0.1, 0.15) is 24.3 Å². The Bertz CT molecular complexity index is 984. The van der Waals surface area contributed by atoms with E-state index in [2.05, 4.69) is 10.1 Å². The molecular formula is C18H16FN3O4. The zero-order valence-electron chi connectivity index (χ0n) is 14.2. The molecule has 26 heavy (non-hydrogen) atoms. The minimum Gasteiger partial charge on any atom is -0.461 e. The van der Waals surface area contributed by atoms with E-state index in [-0.39, 0.29) is 24.6 Å². The second kappa shape index (κ2) is 7.30. The number of rotatable bonds is 4. The monoisotopic (exact) mass is 357 g/mol. The first kappa shape index (κ1) is 17.5. The van der Waals surface area contributed by atoms with Gasteiger partial charge in [-0.15, -0.1) is 4.68 Å². The van der Waals surface area contributed by atoms with Crippen molar-refractivity contribution >= 4 is 23.1 Å². The van der Waals surface area contributed by atoms with Crippen molar-refractivity contribution in [2.75, 3.05) is 13.2 Å². The summed E-state index contributed by atoms with van der Waals surface area (Å²) < 4.78 is 24.4. The van der Waals surface area contributed by atoms with Gasteiger partial charge in [-0.25, -0.2) is 19.0 Å². The molecule has 3 aromatic rings. The highest BCUT2D eigenvalue weighted by molar-refractivity contribution is 6.04. The van der Waals surface area contributed by atoms with Crippen molar-refractivity contribution in [2.24, 2.45) is 0 Å². The Kier molecular flexibility index (Phi) is 4.92. The molecule has 134 valence electrons. The molecule has 0 atom stereocenters. The average molecular weight is 357 g/mol. The molecule has 0 aliphatic heterocycles. The van der Waals surface area contributed by atoms with Gasteiger partial charge in [-0.3, -0.25) is 0 Å². The summed E-state index contributed by atoms with van der Waals surface area (Å²) in [6, 6.07) is 7.59. The number of benzene rings is 1. The van der Waals surface area contributed by atoms with Crippen LogP contribution in [0.2, 0.25) is 0 Å². The largest absolute Gasteiger partial charge is 0.461 e. The average Bonchev–Trinajstić information content (AvgIpc) is 3.01. The standard InChI is InChI=1S/C18H16FN3O4/c1-3-25-17(23)15-14-9-12(11-6-5-7-13(19)8-11)10-20-16(14)22(21-15)18(24)26-4-2/h5-10H,3-4H2,1-2H3. The minimum absolute atomic E-state index is 0.0549. The van der Waals surface area contributed by atoms with Gasteiger partial charge >= 0.3 is 12.1 Å². The van der Waals surface area contributed by atoms with Gasteiger partial charge in [0.25, 0.3) is 0 Å². The molecule has 0 bridgehead atoms. The maximum absolute atomic E-state index is 13.5. The number of halogens is 1. The van der Waals surface area contributed by atoms with Crippen LogP contribution in [0.3, 0.4) is 0 Å². The quantitative estimate of drug-likeness (QED) is 0.665. The van der Waals surface area contributed by atoms with Crippen LogP contribution in [0.4, 0.5) is 9.18 Å². The van der Waals surface area contributed by atoms with Crippen LogP contribution in [0.25, 0.3) is 22.2 Å². The molecule has 2 aromatic heterocycles. The molecule has 1 aromatic carbocycles. The maximum Gasteiger partial charge on any atom is 0.436 e. The van der Waals surface area contributed by atoms with E-state index < -0.39 is 17.9 Å². The van der Waals surface area contributed by atoms with E-state index in [1.807, 2.05) is 0 Å². The number of fused-ring (bicyclic) bond motifs is 1. The van der Waals surface area contributed by atoms with E-state index in [1.165, 1.54) is 18.3 Å². The van der Waals surface area contributed by atoms with Gasteiger partial charge in [0.1, 0.15) is 5.82 Å². The molecule has 3 rings (SSSR count). The Morgan fingerprint density at radius 2 is 1.88 bits per heavy atom. The lowest BCUT2D eigenvalue weighted by molar-refractivity contribution is 0.0521. The number of hydrogen-bond acceptors (Lipinski definition) is 6. The summed E-state index contributed by atoms with van der Waals surface area (Å²) in [5.41, 5.74) is 1.26. The number of esters is 1. The van der Waals surface area contributed by atoms with E-state index in [0.29, 0.717) is 16.5 Å². The van der Waals surface area contributed by atoms with Crippen LogP contribution < -0.4 is 0 Å². The molecule has 8 heteroatoms. The van der Waals surface area contributed by atoms with Crippen LogP contribution >= 0.6 is 0 Å². The summed E-state index contributed by atoms with van der Waals surface area (Å²) in [6.07, 6.45) is 0.725. The first-order chi connectivity index (χ1) is 12.5. The van der Waals surface area contributed by atoms with Gasteiger partial charge in [-0.05, 0) is 37.6 Å². The highest BCUT2D eigenvalue weighted by Gasteiger charge is 2.23. The zero-order valence-corrected chi connectivity index (χ0v) is 14.2. The highest BCUT2D eigenvalue weighted by atomic mass is 19.1. The Hall–Kier alpha value is -3.29. The molecule has 0 unspecified atom stereocenters. The summed E-state index contributed by atoms with van der Waals surface area (Å²) in [4.78, 5) is 28.5. The van der Waals surface area contributed by atoms with Gasteiger partial charge in [0, 0.05) is 11.8 Å². The SMILES string of the molecule is CCOC(=O)c1nn(C(=O)OCC)c2ncc(-c3cccc(F)c3)cc12. The van der Waals surface area contributed by atoms with Gasteiger partial charge in [0.05, 0.1) is 18.6 Å². The van der Waals surface area contributed by atoms with Gasteiger partial charge in [-0.1, -0.05) is 12.1 Å². The summed E-state index contributed by atoms with van der Waals surface area (Å²) in [5.74, 6) is -1.07. The molecule has 0 amide bonds. The third-order valence-corrected chi connectivity index (χ3v) is 3.59. The smallest absolute Gasteiger partial charge is 0.436 e. The molecule has 0 aliphatic rings. The highest BCUT2D eigenvalue weighted by Crippen LogP contribution is 2.26. The lowest BCUT2D eigenvalue weighted by atomic mass is 10.1. The van der Waals surface area contributed by atoms with Crippen molar-refractivity contribution in [2.45, 2.75) is 13.8 Å². The van der Waals surface area contributed by atoms with Crippen LogP contribution in [0.5, 0.6) is 0 Å². The van der Waals surface area contributed by atoms with E-state index in [4.69, 9.17) is 9.47 Å². The molecule has 0 N–H and O–H groups in total. The Morgan fingerprint density at radius 1 is 1.12 bits per heavy atom. The van der Waals surface area contributed by atoms with Crippen molar-refractivity contribution in [3.8, 4) is 11.1 Å². The molecule has 0 saturated carbocycles. The second-order valence-electron chi connectivity index (χ2n) is 5.29. The Balaban J connectivity index is 2.18. The second-order valence-corrected chi connectivity index (χ2v) is 5.29. The van der Waals surface area contributed by atoms with Crippen LogP contribution in [0, 0.1) is 5.82 Å². The summed E-state index contributed by atoms with van der Waals surface area (Å²) in [6.45, 7) is 3.63. The first-order valence-electron chi connectivity index (χ1n) is 8.04. The minimum atomic E-state index is -0.751. The number of carbonyl (C=O) groups excluding carboxylic acids is 2.